The molecule has 0 saturated carbocycles. The van der Waals surface area contributed by atoms with E-state index in [0.29, 0.717) is 23.3 Å². The van der Waals surface area contributed by atoms with Crippen molar-refractivity contribution in [2.45, 2.75) is 0 Å². The number of rotatable bonds is 5. The predicted molar refractivity (Wildman–Crippen MR) is 71.4 cm³/mol. The van der Waals surface area contributed by atoms with Crippen LogP contribution in [0.15, 0.2) is 24.4 Å². The number of H-pyrrole nitrogens is 1. The predicted octanol–water partition coefficient (Wildman–Crippen LogP) is 2.42. The van der Waals surface area contributed by atoms with Gasteiger partial charge in [0.15, 0.2) is 6.29 Å². The van der Waals surface area contributed by atoms with Crippen molar-refractivity contribution in [3.8, 4) is 22.6 Å². The van der Waals surface area contributed by atoms with Crippen LogP contribution in [-0.4, -0.2) is 30.4 Å². The molecule has 1 aromatic carbocycles. The normalized spacial score (nSPS) is 10.1. The highest BCUT2D eigenvalue weighted by Crippen LogP contribution is 2.39. The lowest BCUT2D eigenvalue weighted by molar-refractivity contribution is -0.384. The highest BCUT2D eigenvalue weighted by atomic mass is 16.6. The molecule has 7 nitrogen and oxygen atoms in total. The van der Waals surface area contributed by atoms with E-state index in [1.165, 1.54) is 20.4 Å². The van der Waals surface area contributed by atoms with E-state index in [1.54, 1.807) is 18.2 Å². The minimum absolute atomic E-state index is 0.125. The Morgan fingerprint density at radius 2 is 2.05 bits per heavy atom. The van der Waals surface area contributed by atoms with Gasteiger partial charge in [-0.1, -0.05) is 0 Å². The fourth-order valence-corrected chi connectivity index (χ4v) is 1.95. The Labute approximate surface area is 114 Å². The monoisotopic (exact) mass is 276 g/mol. The number of nitrogens with zero attached hydrogens (tertiary/aromatic N) is 1. The molecule has 0 amide bonds. The first-order chi connectivity index (χ1) is 9.62. The summed E-state index contributed by atoms with van der Waals surface area (Å²) in [6.07, 6.45) is 1.72. The van der Waals surface area contributed by atoms with Gasteiger partial charge >= 0.3 is 0 Å². The smallest absolute Gasteiger partial charge is 0.295 e. The fourth-order valence-electron chi connectivity index (χ4n) is 1.95. The summed E-state index contributed by atoms with van der Waals surface area (Å²) in [5.74, 6) is 0.937. The molecular formula is C13H12N2O5. The first-order valence-corrected chi connectivity index (χ1v) is 5.65. The first-order valence-electron chi connectivity index (χ1n) is 5.65. The molecule has 1 aromatic heterocycles. The second kappa shape index (κ2) is 5.43. The van der Waals surface area contributed by atoms with Crippen molar-refractivity contribution in [1.82, 2.24) is 4.98 Å². The number of hydrogen-bond donors (Lipinski definition) is 1. The molecule has 2 aromatic rings. The molecule has 0 atom stereocenters. The maximum atomic E-state index is 11.1. The molecular weight excluding hydrogens is 264 g/mol. The zero-order chi connectivity index (χ0) is 14.7. The number of nitro groups is 1. The second-order valence-corrected chi connectivity index (χ2v) is 3.90. The lowest BCUT2D eigenvalue weighted by Crippen LogP contribution is -1.95. The number of hydrogen-bond acceptors (Lipinski definition) is 5. The van der Waals surface area contributed by atoms with E-state index in [2.05, 4.69) is 4.98 Å². The summed E-state index contributed by atoms with van der Waals surface area (Å²) in [6.45, 7) is 0. The minimum atomic E-state index is -0.553. The van der Waals surface area contributed by atoms with Crippen molar-refractivity contribution >= 4 is 12.0 Å². The molecule has 20 heavy (non-hydrogen) atoms. The van der Waals surface area contributed by atoms with Crippen LogP contribution in [0, 0.1) is 10.1 Å². The number of methoxy groups -OCH3 is 2. The Bertz CT molecular complexity index is 663. The summed E-state index contributed by atoms with van der Waals surface area (Å²) < 4.78 is 10.3. The molecule has 0 aliphatic heterocycles. The Hall–Kier alpha value is -2.83. The van der Waals surface area contributed by atoms with Gasteiger partial charge in [0, 0.05) is 11.6 Å². The van der Waals surface area contributed by atoms with Gasteiger partial charge < -0.3 is 14.5 Å². The van der Waals surface area contributed by atoms with Crippen molar-refractivity contribution in [3.05, 3.63) is 40.2 Å². The van der Waals surface area contributed by atoms with Gasteiger partial charge in [-0.15, -0.1) is 0 Å². The zero-order valence-electron chi connectivity index (χ0n) is 10.9. The van der Waals surface area contributed by atoms with Crippen LogP contribution in [0.5, 0.6) is 11.5 Å². The summed E-state index contributed by atoms with van der Waals surface area (Å²) in [4.78, 5) is 24.1. The molecule has 0 bridgehead atoms. The average molecular weight is 276 g/mol. The summed E-state index contributed by atoms with van der Waals surface area (Å²) in [7, 11) is 2.95. The van der Waals surface area contributed by atoms with Crippen LogP contribution >= 0.6 is 0 Å². The molecule has 104 valence electrons. The first kappa shape index (κ1) is 13.6. The fraction of sp³-hybridized carbons (Fsp3) is 0.154. The molecule has 0 aliphatic rings. The van der Waals surface area contributed by atoms with Gasteiger partial charge in [0.25, 0.3) is 5.69 Å². The van der Waals surface area contributed by atoms with Crippen molar-refractivity contribution in [2.75, 3.05) is 14.2 Å². The summed E-state index contributed by atoms with van der Waals surface area (Å²) >= 11 is 0. The van der Waals surface area contributed by atoms with Crippen LogP contribution in [0.4, 0.5) is 5.69 Å². The standard InChI is InChI=1S/C13H12N2O5/c1-19-8-3-4-9(12(5-8)20-2)13-10(7-16)14-6-11(13)15(17)18/h3-7,14H,1-2H3. The topological polar surface area (TPSA) is 94.5 Å². The minimum Gasteiger partial charge on any atom is -0.497 e. The summed E-state index contributed by atoms with van der Waals surface area (Å²) in [6, 6.07) is 4.85. The number of nitrogens with one attached hydrogen (secondary N) is 1. The van der Waals surface area contributed by atoms with E-state index in [1.807, 2.05) is 0 Å². The number of aromatic nitrogens is 1. The quantitative estimate of drug-likeness (QED) is 0.514. The molecule has 1 heterocycles. The van der Waals surface area contributed by atoms with Crippen LogP contribution in [-0.2, 0) is 0 Å². The Morgan fingerprint density at radius 3 is 2.60 bits per heavy atom. The lowest BCUT2D eigenvalue weighted by atomic mass is 10.0. The Morgan fingerprint density at radius 1 is 1.30 bits per heavy atom. The van der Waals surface area contributed by atoms with E-state index in [0.717, 1.165) is 0 Å². The van der Waals surface area contributed by atoms with Gasteiger partial charge in [-0.25, -0.2) is 0 Å². The molecule has 0 spiro atoms. The largest absolute Gasteiger partial charge is 0.497 e. The molecule has 0 aliphatic carbocycles. The molecule has 2 rings (SSSR count). The molecule has 0 saturated heterocycles. The number of ether oxygens (including phenoxy) is 2. The Balaban J connectivity index is 2.70. The molecule has 0 fully saturated rings. The van der Waals surface area contributed by atoms with Gasteiger partial charge in [0.2, 0.25) is 0 Å². The van der Waals surface area contributed by atoms with Crippen LogP contribution in [0.1, 0.15) is 10.5 Å². The number of carbonyl (C=O) groups is 1. The van der Waals surface area contributed by atoms with Crippen molar-refractivity contribution in [1.29, 1.82) is 0 Å². The Kier molecular flexibility index (Phi) is 3.69. The molecule has 0 radical (unpaired) electrons. The second-order valence-electron chi connectivity index (χ2n) is 3.90. The van der Waals surface area contributed by atoms with Crippen molar-refractivity contribution < 1.29 is 19.2 Å². The van der Waals surface area contributed by atoms with Crippen LogP contribution in [0.2, 0.25) is 0 Å². The summed E-state index contributed by atoms with van der Waals surface area (Å²) in [5, 5.41) is 11.1. The van der Waals surface area contributed by atoms with Crippen LogP contribution < -0.4 is 9.47 Å². The summed E-state index contributed by atoms with van der Waals surface area (Å²) in [5.41, 5.74) is 0.587. The van der Waals surface area contributed by atoms with Crippen LogP contribution in [0.25, 0.3) is 11.1 Å². The third-order valence-electron chi connectivity index (χ3n) is 2.88. The SMILES string of the molecule is COc1ccc(-c2c([N+](=O)[O-])c[nH]c2C=O)c(OC)c1. The number of benzene rings is 1. The zero-order valence-corrected chi connectivity index (χ0v) is 10.9. The van der Waals surface area contributed by atoms with E-state index in [-0.39, 0.29) is 16.9 Å². The van der Waals surface area contributed by atoms with Gasteiger partial charge in [-0.2, -0.15) is 0 Å². The lowest BCUT2D eigenvalue weighted by Gasteiger charge is -2.09. The van der Waals surface area contributed by atoms with E-state index < -0.39 is 4.92 Å². The van der Waals surface area contributed by atoms with E-state index >= 15 is 0 Å². The molecule has 1 N–H and O–H groups in total. The molecule has 7 heteroatoms. The van der Waals surface area contributed by atoms with E-state index in [9.17, 15) is 14.9 Å². The van der Waals surface area contributed by atoms with Crippen molar-refractivity contribution in [2.24, 2.45) is 0 Å². The van der Waals surface area contributed by atoms with Gasteiger partial charge in [-0.3, -0.25) is 14.9 Å². The highest BCUT2D eigenvalue weighted by Gasteiger charge is 2.24. The highest BCUT2D eigenvalue weighted by molar-refractivity contribution is 5.92. The number of aromatic amines is 1. The third-order valence-corrected chi connectivity index (χ3v) is 2.88. The number of aldehydes is 1. The maximum absolute atomic E-state index is 11.1. The van der Waals surface area contributed by atoms with E-state index in [4.69, 9.17) is 9.47 Å². The average Bonchev–Trinajstić information content (AvgIpc) is 2.90. The molecule has 0 unspecified atom stereocenters. The van der Waals surface area contributed by atoms with Gasteiger partial charge in [-0.05, 0) is 12.1 Å². The maximum Gasteiger partial charge on any atom is 0.295 e. The number of carbonyl (C=O) groups excluding carboxylic acids is 1. The van der Waals surface area contributed by atoms with Crippen molar-refractivity contribution in [3.63, 3.8) is 0 Å². The van der Waals surface area contributed by atoms with Crippen LogP contribution in [0.3, 0.4) is 0 Å². The van der Waals surface area contributed by atoms with Gasteiger partial charge in [0.05, 0.1) is 36.6 Å². The van der Waals surface area contributed by atoms with Gasteiger partial charge in [0.1, 0.15) is 11.5 Å². The third kappa shape index (κ3) is 2.20.